The standard InChI is InChI=1S/C11H19F2NO4/c1-3-7(2)10(11(16)17)14-9(15)4-5-18-6-8(12)13/h7-8,10H,3-6H2,1-2H3,(H,14,15)(H,16,17)/t7-,10-/m0/s1. The number of hydrogen-bond acceptors (Lipinski definition) is 3. The summed E-state index contributed by atoms with van der Waals surface area (Å²) in [6.07, 6.45) is -2.09. The van der Waals surface area contributed by atoms with Crippen molar-refractivity contribution in [2.75, 3.05) is 13.2 Å². The van der Waals surface area contributed by atoms with Crippen molar-refractivity contribution in [2.24, 2.45) is 5.92 Å². The molecule has 0 rings (SSSR count). The number of aliphatic carboxylic acids is 1. The number of carboxylic acid groups (broad SMARTS) is 1. The molecule has 2 N–H and O–H groups in total. The smallest absolute Gasteiger partial charge is 0.326 e. The summed E-state index contributed by atoms with van der Waals surface area (Å²) >= 11 is 0. The molecule has 0 radical (unpaired) electrons. The van der Waals surface area contributed by atoms with E-state index in [0.717, 1.165) is 0 Å². The summed E-state index contributed by atoms with van der Waals surface area (Å²) < 4.78 is 28.0. The Labute approximate surface area is 105 Å². The number of alkyl halides is 2. The Morgan fingerprint density at radius 3 is 2.44 bits per heavy atom. The molecule has 0 saturated heterocycles. The maximum absolute atomic E-state index is 11.7. The van der Waals surface area contributed by atoms with Crippen molar-refractivity contribution < 1.29 is 28.2 Å². The maximum Gasteiger partial charge on any atom is 0.326 e. The van der Waals surface area contributed by atoms with E-state index in [4.69, 9.17) is 5.11 Å². The fraction of sp³-hybridized carbons (Fsp3) is 0.818. The molecule has 0 aliphatic rings. The second kappa shape index (κ2) is 8.79. The van der Waals surface area contributed by atoms with Crippen molar-refractivity contribution in [3.8, 4) is 0 Å². The molecule has 7 heteroatoms. The number of carboxylic acids is 1. The molecule has 0 unspecified atom stereocenters. The van der Waals surface area contributed by atoms with Gasteiger partial charge in [0.25, 0.3) is 6.43 Å². The second-order valence-corrected chi connectivity index (χ2v) is 3.98. The highest BCUT2D eigenvalue weighted by atomic mass is 19.3. The fourth-order valence-corrected chi connectivity index (χ4v) is 1.27. The maximum atomic E-state index is 11.7. The topological polar surface area (TPSA) is 75.6 Å². The van der Waals surface area contributed by atoms with Gasteiger partial charge < -0.3 is 15.2 Å². The number of carbonyl (C=O) groups excluding carboxylic acids is 1. The molecule has 0 aromatic heterocycles. The lowest BCUT2D eigenvalue weighted by atomic mass is 9.99. The van der Waals surface area contributed by atoms with E-state index in [1.54, 1.807) is 6.92 Å². The number of hydrogen-bond donors (Lipinski definition) is 2. The van der Waals surface area contributed by atoms with Crippen LogP contribution < -0.4 is 5.32 Å². The molecular formula is C11H19F2NO4. The number of amides is 1. The van der Waals surface area contributed by atoms with Crippen LogP contribution in [0.2, 0.25) is 0 Å². The van der Waals surface area contributed by atoms with Gasteiger partial charge in [-0.2, -0.15) is 0 Å². The largest absolute Gasteiger partial charge is 0.480 e. The Hall–Kier alpha value is -1.24. The average molecular weight is 267 g/mol. The lowest BCUT2D eigenvalue weighted by Gasteiger charge is -2.20. The fourth-order valence-electron chi connectivity index (χ4n) is 1.27. The predicted octanol–water partition coefficient (Wildman–Crippen LogP) is 1.27. The van der Waals surface area contributed by atoms with Gasteiger partial charge in [-0.05, 0) is 5.92 Å². The zero-order valence-corrected chi connectivity index (χ0v) is 10.5. The number of nitrogens with one attached hydrogen (secondary N) is 1. The van der Waals surface area contributed by atoms with Gasteiger partial charge in [-0.3, -0.25) is 4.79 Å². The molecule has 0 aromatic carbocycles. The van der Waals surface area contributed by atoms with E-state index in [9.17, 15) is 18.4 Å². The molecule has 1 amide bonds. The number of halogens is 2. The zero-order chi connectivity index (χ0) is 14.1. The first-order chi connectivity index (χ1) is 8.38. The summed E-state index contributed by atoms with van der Waals surface area (Å²) in [6.45, 7) is 2.66. The lowest BCUT2D eigenvalue weighted by molar-refractivity contribution is -0.143. The van der Waals surface area contributed by atoms with Crippen LogP contribution in [0.4, 0.5) is 8.78 Å². The molecule has 0 aliphatic carbocycles. The minimum Gasteiger partial charge on any atom is -0.480 e. The summed E-state index contributed by atoms with van der Waals surface area (Å²) in [7, 11) is 0. The van der Waals surface area contributed by atoms with Gasteiger partial charge in [-0.15, -0.1) is 0 Å². The van der Waals surface area contributed by atoms with E-state index < -0.39 is 31.0 Å². The minimum absolute atomic E-state index is 0.132. The van der Waals surface area contributed by atoms with Gasteiger partial charge in [0, 0.05) is 6.42 Å². The third-order valence-corrected chi connectivity index (χ3v) is 2.51. The van der Waals surface area contributed by atoms with E-state index >= 15 is 0 Å². The van der Waals surface area contributed by atoms with Crippen molar-refractivity contribution in [2.45, 2.75) is 39.2 Å². The van der Waals surface area contributed by atoms with Crippen LogP contribution in [0.5, 0.6) is 0 Å². The number of ether oxygens (including phenoxy) is 1. The first-order valence-electron chi connectivity index (χ1n) is 5.76. The van der Waals surface area contributed by atoms with Crippen LogP contribution >= 0.6 is 0 Å². The highest BCUT2D eigenvalue weighted by Gasteiger charge is 2.24. The third-order valence-electron chi connectivity index (χ3n) is 2.51. The molecule has 18 heavy (non-hydrogen) atoms. The van der Waals surface area contributed by atoms with Gasteiger partial charge in [-0.25, -0.2) is 13.6 Å². The van der Waals surface area contributed by atoms with Crippen LogP contribution in [0.1, 0.15) is 26.7 Å². The van der Waals surface area contributed by atoms with Crippen LogP contribution in [0.3, 0.4) is 0 Å². The SMILES string of the molecule is CC[C@H](C)[C@H](NC(=O)CCOCC(F)F)C(=O)O. The molecule has 0 aromatic rings. The van der Waals surface area contributed by atoms with E-state index in [0.29, 0.717) is 6.42 Å². The molecule has 0 saturated carbocycles. The van der Waals surface area contributed by atoms with Crippen molar-refractivity contribution in [1.82, 2.24) is 5.32 Å². The van der Waals surface area contributed by atoms with Crippen LogP contribution in [0, 0.1) is 5.92 Å². The lowest BCUT2D eigenvalue weighted by Crippen LogP contribution is -2.45. The Kier molecular flexibility index (Phi) is 8.19. The molecule has 0 fully saturated rings. The van der Waals surface area contributed by atoms with Crippen molar-refractivity contribution in [3.05, 3.63) is 0 Å². The molecule has 2 atom stereocenters. The number of rotatable bonds is 9. The Balaban J connectivity index is 4.00. The monoisotopic (exact) mass is 267 g/mol. The third kappa shape index (κ3) is 7.16. The van der Waals surface area contributed by atoms with Crippen LogP contribution in [-0.2, 0) is 14.3 Å². The summed E-state index contributed by atoms with van der Waals surface area (Å²) in [5.41, 5.74) is 0. The average Bonchev–Trinajstić information content (AvgIpc) is 2.30. The highest BCUT2D eigenvalue weighted by Crippen LogP contribution is 2.08. The quantitative estimate of drug-likeness (QED) is 0.617. The Morgan fingerprint density at radius 1 is 1.39 bits per heavy atom. The highest BCUT2D eigenvalue weighted by molar-refractivity contribution is 5.83. The molecule has 0 aliphatic heterocycles. The first kappa shape index (κ1) is 16.8. The normalized spacial score (nSPS) is 14.3. The molecule has 0 heterocycles. The number of carbonyl (C=O) groups is 2. The summed E-state index contributed by atoms with van der Waals surface area (Å²) in [5, 5.41) is 11.3. The Morgan fingerprint density at radius 2 is 2.00 bits per heavy atom. The van der Waals surface area contributed by atoms with E-state index in [1.807, 2.05) is 6.92 Å². The van der Waals surface area contributed by atoms with Gasteiger partial charge in [0.05, 0.1) is 6.61 Å². The molecular weight excluding hydrogens is 248 g/mol. The van der Waals surface area contributed by atoms with E-state index in [-0.39, 0.29) is 18.9 Å². The van der Waals surface area contributed by atoms with Crippen molar-refractivity contribution in [3.63, 3.8) is 0 Å². The molecule has 0 bridgehead atoms. The summed E-state index contributed by atoms with van der Waals surface area (Å²) in [4.78, 5) is 22.3. The van der Waals surface area contributed by atoms with E-state index in [1.165, 1.54) is 0 Å². The minimum atomic E-state index is -2.57. The molecule has 106 valence electrons. The van der Waals surface area contributed by atoms with Crippen LogP contribution in [0.15, 0.2) is 0 Å². The van der Waals surface area contributed by atoms with Gasteiger partial charge in [0.2, 0.25) is 5.91 Å². The summed E-state index contributed by atoms with van der Waals surface area (Å²) in [5.74, 6) is -1.82. The molecule has 5 nitrogen and oxygen atoms in total. The van der Waals surface area contributed by atoms with Gasteiger partial charge in [0.15, 0.2) is 0 Å². The second-order valence-electron chi connectivity index (χ2n) is 3.98. The van der Waals surface area contributed by atoms with Crippen LogP contribution in [0.25, 0.3) is 0 Å². The Bertz CT molecular complexity index is 274. The van der Waals surface area contributed by atoms with Crippen molar-refractivity contribution >= 4 is 11.9 Å². The van der Waals surface area contributed by atoms with Gasteiger partial charge in [0.1, 0.15) is 12.6 Å². The van der Waals surface area contributed by atoms with Crippen molar-refractivity contribution in [1.29, 1.82) is 0 Å². The summed E-state index contributed by atoms with van der Waals surface area (Å²) in [6, 6.07) is -0.961. The van der Waals surface area contributed by atoms with Gasteiger partial charge >= 0.3 is 5.97 Å². The predicted molar refractivity (Wildman–Crippen MR) is 60.5 cm³/mol. The van der Waals surface area contributed by atoms with Gasteiger partial charge in [-0.1, -0.05) is 20.3 Å². The molecule has 0 spiro atoms. The first-order valence-corrected chi connectivity index (χ1v) is 5.76. The zero-order valence-electron chi connectivity index (χ0n) is 10.5. The van der Waals surface area contributed by atoms with Crippen LogP contribution in [-0.4, -0.2) is 42.7 Å². The van der Waals surface area contributed by atoms with E-state index in [2.05, 4.69) is 10.1 Å².